The molecular formula is C28H42ClN3O4S. The van der Waals surface area contributed by atoms with Crippen molar-refractivity contribution >= 4 is 28.2 Å². The van der Waals surface area contributed by atoms with Crippen LogP contribution in [0.5, 0.6) is 0 Å². The molecule has 4 fully saturated rings. The predicted octanol–water partition coefficient (Wildman–Crippen LogP) is 2.10. The summed E-state index contributed by atoms with van der Waals surface area (Å²) in [5, 5.41) is 19.3. The Morgan fingerprint density at radius 3 is 2.54 bits per heavy atom. The van der Waals surface area contributed by atoms with Gasteiger partial charge >= 0.3 is 0 Å². The largest absolute Gasteiger partial charge is 0.392 e. The standard InChI is InChI=1S/C28H41N3O4S.ClH/c1-26(2)19-7-8-28(26,23(14-19)31-25(33)22-15-20(32)16-30-22)17-36(34,35)24-13-18-5-3-4-6-21(18)27(24)9-11-29-12-10-27;/h3-6,19-20,22-24,29-30,32H,7-17H2,1-2H3,(H,31,33);1H/t19?,20?,22-,23?,24?,28?;/m0./s1. The fraction of sp³-hybridized carbons (Fsp3) is 0.750. The van der Waals surface area contributed by atoms with Crippen molar-refractivity contribution in [3.8, 4) is 0 Å². The number of fused-ring (bicyclic) bond motifs is 4. The zero-order valence-corrected chi connectivity index (χ0v) is 23.6. The molecule has 3 aliphatic carbocycles. The molecule has 2 aliphatic heterocycles. The normalized spacial score (nSPS) is 37.3. The van der Waals surface area contributed by atoms with Crippen LogP contribution in [0.3, 0.4) is 0 Å². The van der Waals surface area contributed by atoms with Crippen LogP contribution in [0.4, 0.5) is 0 Å². The quantitative estimate of drug-likeness (QED) is 0.446. The van der Waals surface area contributed by atoms with E-state index in [1.165, 1.54) is 11.1 Å². The lowest BCUT2D eigenvalue weighted by Crippen LogP contribution is -2.57. The molecule has 2 heterocycles. The molecule has 1 aromatic carbocycles. The number of benzene rings is 1. The molecule has 37 heavy (non-hydrogen) atoms. The highest BCUT2D eigenvalue weighted by atomic mass is 35.5. The monoisotopic (exact) mass is 551 g/mol. The highest BCUT2D eigenvalue weighted by Gasteiger charge is 2.67. The predicted molar refractivity (Wildman–Crippen MR) is 147 cm³/mol. The Kier molecular flexibility index (Phi) is 7.01. The fourth-order valence-corrected chi connectivity index (χ4v) is 12.1. The molecule has 5 aliphatic rings. The Bertz CT molecular complexity index is 1150. The van der Waals surface area contributed by atoms with Gasteiger partial charge in [0, 0.05) is 23.4 Å². The fourth-order valence-electron chi connectivity index (χ4n) is 8.96. The van der Waals surface area contributed by atoms with Crippen LogP contribution < -0.4 is 16.0 Å². The number of aliphatic hydroxyl groups excluding tert-OH is 1. The maximum Gasteiger partial charge on any atom is 0.237 e. The van der Waals surface area contributed by atoms with Crippen LogP contribution in [0.2, 0.25) is 0 Å². The molecule has 1 aromatic rings. The van der Waals surface area contributed by atoms with Crippen LogP contribution in [-0.2, 0) is 26.5 Å². The summed E-state index contributed by atoms with van der Waals surface area (Å²) in [5.74, 6) is 0.455. The first-order valence-corrected chi connectivity index (χ1v) is 15.5. The molecule has 4 N–H and O–H groups in total. The summed E-state index contributed by atoms with van der Waals surface area (Å²) in [6.45, 7) is 6.58. The first-order chi connectivity index (χ1) is 17.1. The number of aliphatic hydroxyl groups is 1. The Labute approximate surface area is 227 Å². The zero-order valence-electron chi connectivity index (χ0n) is 22.0. The molecule has 1 spiro atoms. The second-order valence-electron chi connectivity index (χ2n) is 12.8. The number of hydrogen-bond acceptors (Lipinski definition) is 6. The maximum absolute atomic E-state index is 14.6. The van der Waals surface area contributed by atoms with Crippen molar-refractivity contribution in [1.29, 1.82) is 0 Å². The lowest BCUT2D eigenvalue weighted by atomic mass is 9.69. The third-order valence-electron chi connectivity index (χ3n) is 11.1. The van der Waals surface area contributed by atoms with Crippen molar-refractivity contribution in [2.75, 3.05) is 25.4 Å². The number of sulfone groups is 1. The number of amides is 1. The van der Waals surface area contributed by atoms with Crippen molar-refractivity contribution in [1.82, 2.24) is 16.0 Å². The van der Waals surface area contributed by atoms with Crippen LogP contribution in [0, 0.1) is 16.7 Å². The van der Waals surface area contributed by atoms with Gasteiger partial charge in [0.25, 0.3) is 0 Å². The highest BCUT2D eigenvalue weighted by Crippen LogP contribution is 2.66. The summed E-state index contributed by atoms with van der Waals surface area (Å²) >= 11 is 0. The molecule has 0 aromatic heterocycles. The van der Waals surface area contributed by atoms with Gasteiger partial charge in [0.1, 0.15) is 0 Å². The van der Waals surface area contributed by atoms with Crippen molar-refractivity contribution < 1.29 is 18.3 Å². The Morgan fingerprint density at radius 1 is 1.14 bits per heavy atom. The van der Waals surface area contributed by atoms with Gasteiger partial charge in [-0.15, -0.1) is 12.4 Å². The number of rotatable bonds is 5. The van der Waals surface area contributed by atoms with E-state index >= 15 is 0 Å². The van der Waals surface area contributed by atoms with Gasteiger partial charge in [0.15, 0.2) is 9.84 Å². The van der Waals surface area contributed by atoms with Gasteiger partial charge in [-0.3, -0.25) is 4.79 Å². The molecular weight excluding hydrogens is 510 g/mol. The summed E-state index contributed by atoms with van der Waals surface area (Å²) in [6.07, 6.45) is 4.90. The third kappa shape index (κ3) is 4.08. The number of piperidine rings is 1. The van der Waals surface area contributed by atoms with Gasteiger partial charge in [0.05, 0.1) is 23.1 Å². The van der Waals surface area contributed by atoms with Gasteiger partial charge in [0.2, 0.25) is 5.91 Å². The van der Waals surface area contributed by atoms with E-state index in [0.29, 0.717) is 25.3 Å². The zero-order chi connectivity index (χ0) is 25.3. The number of nitrogens with one attached hydrogen (secondary N) is 3. The second-order valence-corrected chi connectivity index (χ2v) is 15.0. The smallest absolute Gasteiger partial charge is 0.237 e. The molecule has 2 bridgehead atoms. The van der Waals surface area contributed by atoms with E-state index in [1.54, 1.807) is 0 Å². The lowest BCUT2D eigenvalue weighted by Gasteiger charge is -2.45. The maximum atomic E-state index is 14.6. The number of carbonyl (C=O) groups excluding carboxylic acids is 1. The summed E-state index contributed by atoms with van der Waals surface area (Å²) in [4.78, 5) is 13.1. The molecule has 7 nitrogen and oxygen atoms in total. The van der Waals surface area contributed by atoms with E-state index in [0.717, 1.165) is 45.2 Å². The molecule has 2 saturated heterocycles. The van der Waals surface area contributed by atoms with Crippen LogP contribution in [0.15, 0.2) is 24.3 Å². The Balaban J connectivity index is 0.00000280. The second kappa shape index (κ2) is 9.47. The van der Waals surface area contributed by atoms with E-state index in [9.17, 15) is 18.3 Å². The van der Waals surface area contributed by atoms with Crippen LogP contribution >= 0.6 is 12.4 Å². The van der Waals surface area contributed by atoms with E-state index < -0.39 is 32.6 Å². The van der Waals surface area contributed by atoms with Crippen molar-refractivity contribution in [2.24, 2.45) is 16.7 Å². The van der Waals surface area contributed by atoms with Gasteiger partial charge < -0.3 is 21.1 Å². The van der Waals surface area contributed by atoms with Crippen molar-refractivity contribution in [2.45, 2.75) is 87.6 Å². The molecule has 5 unspecified atom stereocenters. The summed E-state index contributed by atoms with van der Waals surface area (Å²) in [5.41, 5.74) is 1.49. The molecule has 0 radical (unpaired) electrons. The summed E-state index contributed by atoms with van der Waals surface area (Å²) in [7, 11) is -3.47. The summed E-state index contributed by atoms with van der Waals surface area (Å²) in [6, 6.07) is 7.80. The van der Waals surface area contributed by atoms with Gasteiger partial charge in [-0.2, -0.15) is 0 Å². The first-order valence-electron chi connectivity index (χ1n) is 13.8. The minimum absolute atomic E-state index is 0. The van der Waals surface area contributed by atoms with Crippen LogP contribution in [-0.4, -0.2) is 68.3 Å². The molecule has 206 valence electrons. The number of halogens is 1. The van der Waals surface area contributed by atoms with Crippen LogP contribution in [0.1, 0.15) is 63.5 Å². The highest BCUT2D eigenvalue weighted by molar-refractivity contribution is 7.92. The third-order valence-corrected chi connectivity index (χ3v) is 13.5. The molecule has 1 amide bonds. The van der Waals surface area contributed by atoms with Gasteiger partial charge in [-0.25, -0.2) is 8.42 Å². The average Bonchev–Trinajstić information content (AvgIpc) is 3.53. The molecule has 2 saturated carbocycles. The van der Waals surface area contributed by atoms with Gasteiger partial charge in [-0.1, -0.05) is 38.1 Å². The topological polar surface area (TPSA) is 108 Å². The molecule has 9 heteroatoms. The van der Waals surface area contributed by atoms with E-state index in [2.05, 4.69) is 48.0 Å². The van der Waals surface area contributed by atoms with Crippen molar-refractivity contribution in [3.05, 3.63) is 35.4 Å². The van der Waals surface area contributed by atoms with E-state index in [4.69, 9.17) is 0 Å². The Morgan fingerprint density at radius 2 is 1.86 bits per heavy atom. The van der Waals surface area contributed by atoms with E-state index in [-0.39, 0.29) is 40.9 Å². The van der Waals surface area contributed by atoms with Crippen molar-refractivity contribution in [3.63, 3.8) is 0 Å². The first kappa shape index (κ1) is 27.4. The SMILES string of the molecule is CC1(C)C2CCC1(CS(=O)(=O)C1Cc3ccccc3C13CCNCC3)C(NC(=O)[C@@H]1CC(O)CN1)C2.Cl. The van der Waals surface area contributed by atoms with Gasteiger partial charge in [-0.05, 0) is 80.5 Å². The Hall–Kier alpha value is -1.19. The molecule has 6 rings (SSSR count). The average molecular weight is 552 g/mol. The summed E-state index contributed by atoms with van der Waals surface area (Å²) < 4.78 is 29.1. The minimum Gasteiger partial charge on any atom is -0.392 e. The lowest BCUT2D eigenvalue weighted by molar-refractivity contribution is -0.124. The number of β-amino-alcohol motifs (C(OH)–C–C–N with tert-alkyl or cyclic N) is 1. The minimum atomic E-state index is -3.47. The number of hydrogen-bond donors (Lipinski definition) is 4. The van der Waals surface area contributed by atoms with Crippen LogP contribution in [0.25, 0.3) is 0 Å². The molecule has 6 atom stereocenters. The number of carbonyl (C=O) groups is 1. The van der Waals surface area contributed by atoms with E-state index in [1.807, 2.05) is 6.07 Å².